The van der Waals surface area contributed by atoms with E-state index >= 15 is 0 Å². The molecule has 0 heteroatoms. The van der Waals surface area contributed by atoms with Crippen LogP contribution in [0.25, 0.3) is 0 Å². The maximum atomic E-state index is 2.33. The summed E-state index contributed by atoms with van der Waals surface area (Å²) in [5.41, 5.74) is 0. The van der Waals surface area contributed by atoms with E-state index in [1.54, 1.807) is 0 Å². The largest absolute Gasteiger partial charge is 0.0882 e. The van der Waals surface area contributed by atoms with Crippen molar-refractivity contribution in [2.45, 2.75) is 85.0 Å². The first-order chi connectivity index (χ1) is 10.8. The van der Waals surface area contributed by atoms with Gasteiger partial charge in [0, 0.05) is 0 Å². The summed E-state index contributed by atoms with van der Waals surface area (Å²) in [6, 6.07) is 0. The molecule has 0 fully saturated rings. The van der Waals surface area contributed by atoms with E-state index in [2.05, 4.69) is 69.4 Å². The van der Waals surface area contributed by atoms with Crippen molar-refractivity contribution in [3.63, 3.8) is 0 Å². The Bertz CT molecular complexity index is 315. The van der Waals surface area contributed by atoms with E-state index in [-0.39, 0.29) is 0 Å². The maximum absolute atomic E-state index is 2.33. The predicted octanol–water partition coefficient (Wildman–Crippen LogP) is 7.79. The quantitative estimate of drug-likeness (QED) is 0.227. The normalized spacial score (nSPS) is 12.9. The molecule has 0 radical (unpaired) electrons. The highest BCUT2D eigenvalue weighted by molar-refractivity contribution is 4.99. The average molecular weight is 303 g/mol. The van der Waals surface area contributed by atoms with Gasteiger partial charge in [-0.25, -0.2) is 0 Å². The molecule has 0 heterocycles. The molecular weight excluding hydrogens is 264 g/mol. The molecule has 0 aromatic rings. The summed E-state index contributed by atoms with van der Waals surface area (Å²) in [4.78, 5) is 0. The van der Waals surface area contributed by atoms with Gasteiger partial charge in [-0.05, 0) is 50.9 Å². The van der Waals surface area contributed by atoms with Crippen LogP contribution in [0.5, 0.6) is 0 Å². The number of allylic oxidation sites excluding steroid dienone is 8. The zero-order chi connectivity index (χ0) is 16.3. The van der Waals surface area contributed by atoms with Gasteiger partial charge in [0.15, 0.2) is 0 Å². The maximum Gasteiger partial charge on any atom is -0.0169 e. The number of rotatable bonds is 14. The van der Waals surface area contributed by atoms with Gasteiger partial charge < -0.3 is 0 Å². The zero-order valence-corrected chi connectivity index (χ0v) is 15.3. The van der Waals surface area contributed by atoms with Gasteiger partial charge in [0.05, 0.1) is 0 Å². The molecule has 0 saturated carbocycles. The molecule has 126 valence electrons. The van der Waals surface area contributed by atoms with Gasteiger partial charge in [0.25, 0.3) is 0 Å². The first kappa shape index (κ1) is 21.0. The molecular formula is C22H38. The van der Waals surface area contributed by atoms with Crippen molar-refractivity contribution in [1.82, 2.24) is 0 Å². The number of hydrogen-bond donors (Lipinski definition) is 0. The highest BCUT2D eigenvalue weighted by Gasteiger charge is 1.90. The van der Waals surface area contributed by atoms with Crippen LogP contribution >= 0.6 is 0 Å². The molecule has 0 unspecified atom stereocenters. The minimum absolute atomic E-state index is 0.839. The lowest BCUT2D eigenvalue weighted by Crippen LogP contribution is -1.84. The Labute approximate surface area is 140 Å². The fourth-order valence-corrected chi connectivity index (χ4v) is 2.20. The van der Waals surface area contributed by atoms with Crippen LogP contribution in [0.3, 0.4) is 0 Å². The molecule has 0 aliphatic heterocycles. The van der Waals surface area contributed by atoms with Gasteiger partial charge in [-0.15, -0.1) is 0 Å². The molecule has 0 rings (SSSR count). The van der Waals surface area contributed by atoms with Crippen molar-refractivity contribution in [3.05, 3.63) is 48.6 Å². The first-order valence-electron chi connectivity index (χ1n) is 9.37. The van der Waals surface area contributed by atoms with Crippen LogP contribution in [0.4, 0.5) is 0 Å². The van der Waals surface area contributed by atoms with Crippen molar-refractivity contribution in [2.75, 3.05) is 0 Å². The van der Waals surface area contributed by atoms with E-state index in [1.165, 1.54) is 44.9 Å². The molecule has 0 N–H and O–H groups in total. The van der Waals surface area contributed by atoms with Gasteiger partial charge in [0.2, 0.25) is 0 Å². The molecule has 0 atom stereocenters. The summed E-state index contributed by atoms with van der Waals surface area (Å²) in [5.74, 6) is 0.839. The lowest BCUT2D eigenvalue weighted by molar-refractivity contribution is 0.559. The van der Waals surface area contributed by atoms with E-state index in [0.717, 1.165) is 25.2 Å². The zero-order valence-electron chi connectivity index (χ0n) is 15.3. The smallest absolute Gasteiger partial charge is 0.0169 e. The third kappa shape index (κ3) is 19.0. The Morgan fingerprint density at radius 1 is 0.591 bits per heavy atom. The third-order valence-corrected chi connectivity index (χ3v) is 3.61. The monoisotopic (exact) mass is 302 g/mol. The Hall–Kier alpha value is -1.04. The van der Waals surface area contributed by atoms with Crippen LogP contribution in [0.15, 0.2) is 48.6 Å². The van der Waals surface area contributed by atoms with Crippen LogP contribution < -0.4 is 0 Å². The van der Waals surface area contributed by atoms with E-state index in [1.807, 2.05) is 0 Å². The van der Waals surface area contributed by atoms with Crippen LogP contribution in [-0.4, -0.2) is 0 Å². The van der Waals surface area contributed by atoms with Crippen LogP contribution in [0.1, 0.15) is 85.0 Å². The topological polar surface area (TPSA) is 0 Å². The summed E-state index contributed by atoms with van der Waals surface area (Å²) in [6.45, 7) is 6.84. The van der Waals surface area contributed by atoms with Crippen molar-refractivity contribution in [2.24, 2.45) is 5.92 Å². The molecule has 0 amide bonds. The van der Waals surface area contributed by atoms with Crippen molar-refractivity contribution in [1.29, 1.82) is 0 Å². The van der Waals surface area contributed by atoms with Gasteiger partial charge in [-0.3, -0.25) is 0 Å². The molecule has 0 aliphatic rings. The Morgan fingerprint density at radius 2 is 1.05 bits per heavy atom. The molecule has 0 aliphatic carbocycles. The van der Waals surface area contributed by atoms with Crippen molar-refractivity contribution >= 4 is 0 Å². The van der Waals surface area contributed by atoms with E-state index in [0.29, 0.717) is 0 Å². The van der Waals surface area contributed by atoms with Gasteiger partial charge >= 0.3 is 0 Å². The lowest BCUT2D eigenvalue weighted by Gasteiger charge is -2.00. The Balaban J connectivity index is 3.38. The highest BCUT2D eigenvalue weighted by atomic mass is 14.0. The minimum Gasteiger partial charge on any atom is -0.0882 e. The molecule has 22 heavy (non-hydrogen) atoms. The summed E-state index contributed by atoms with van der Waals surface area (Å²) in [6.07, 6.45) is 30.7. The summed E-state index contributed by atoms with van der Waals surface area (Å²) >= 11 is 0. The van der Waals surface area contributed by atoms with E-state index in [9.17, 15) is 0 Å². The second kappa shape index (κ2) is 18.0. The van der Waals surface area contributed by atoms with Crippen LogP contribution in [0.2, 0.25) is 0 Å². The second-order valence-electron chi connectivity index (χ2n) is 6.41. The van der Waals surface area contributed by atoms with Crippen molar-refractivity contribution in [3.8, 4) is 0 Å². The lowest BCUT2D eigenvalue weighted by atomic mass is 10.1. The molecule has 0 bridgehead atoms. The Kier molecular flexibility index (Phi) is 17.2. The average Bonchev–Trinajstić information content (AvgIpc) is 2.50. The molecule has 0 nitrogen and oxygen atoms in total. The SMILES string of the molecule is CCCCC/C=C\C/C=C\C/C=C\C/C=C\CCCC(C)C. The van der Waals surface area contributed by atoms with Gasteiger partial charge in [0.1, 0.15) is 0 Å². The molecule has 0 saturated heterocycles. The fraction of sp³-hybridized carbons (Fsp3) is 0.636. The van der Waals surface area contributed by atoms with Gasteiger partial charge in [-0.1, -0.05) is 88.6 Å². The van der Waals surface area contributed by atoms with E-state index in [4.69, 9.17) is 0 Å². The highest BCUT2D eigenvalue weighted by Crippen LogP contribution is 2.06. The van der Waals surface area contributed by atoms with Gasteiger partial charge in [-0.2, -0.15) is 0 Å². The standard InChI is InChI=1S/C22H38/c1-4-5-6-7-8-9-10-11-12-13-14-15-16-17-18-19-20-21-22(2)3/h8-9,11-12,14-15,17-18,22H,4-7,10,13,16,19-21H2,1-3H3/b9-8-,12-11-,15-14-,18-17-. The van der Waals surface area contributed by atoms with E-state index < -0.39 is 0 Å². The summed E-state index contributed by atoms with van der Waals surface area (Å²) in [7, 11) is 0. The second-order valence-corrected chi connectivity index (χ2v) is 6.41. The third-order valence-electron chi connectivity index (χ3n) is 3.61. The minimum atomic E-state index is 0.839. The van der Waals surface area contributed by atoms with Crippen LogP contribution in [-0.2, 0) is 0 Å². The number of hydrogen-bond acceptors (Lipinski definition) is 0. The summed E-state index contributed by atoms with van der Waals surface area (Å²) < 4.78 is 0. The Morgan fingerprint density at radius 3 is 1.50 bits per heavy atom. The fourth-order valence-electron chi connectivity index (χ4n) is 2.20. The van der Waals surface area contributed by atoms with Crippen molar-refractivity contribution < 1.29 is 0 Å². The predicted molar refractivity (Wildman–Crippen MR) is 103 cm³/mol. The van der Waals surface area contributed by atoms with Crippen LogP contribution in [0, 0.1) is 5.92 Å². The molecule has 0 aromatic carbocycles. The summed E-state index contributed by atoms with van der Waals surface area (Å²) in [5, 5.41) is 0. The number of unbranched alkanes of at least 4 members (excludes halogenated alkanes) is 4. The first-order valence-corrected chi connectivity index (χ1v) is 9.37. The molecule has 0 spiro atoms. The molecule has 0 aromatic heterocycles.